The second kappa shape index (κ2) is 10.1. The van der Waals surface area contributed by atoms with Gasteiger partial charge < -0.3 is 5.11 Å². The van der Waals surface area contributed by atoms with Crippen LogP contribution < -0.4 is 0 Å². The Morgan fingerprint density at radius 3 is 1.73 bits per heavy atom. The van der Waals surface area contributed by atoms with Crippen LogP contribution in [0, 0.1) is 23.2 Å². The lowest BCUT2D eigenvalue weighted by Crippen LogP contribution is -2.46. The van der Waals surface area contributed by atoms with E-state index < -0.39 is 6.10 Å². The fourth-order valence-corrected chi connectivity index (χ4v) is 3.57. The van der Waals surface area contributed by atoms with Crippen LogP contribution in [-0.2, 0) is 13.1 Å². The summed E-state index contributed by atoms with van der Waals surface area (Å²) in [6.45, 7) is 7.72. The van der Waals surface area contributed by atoms with Gasteiger partial charge in [0, 0.05) is 25.0 Å². The summed E-state index contributed by atoms with van der Waals surface area (Å²) in [5.74, 6) is 0.130. The number of nitriles is 1. The first-order chi connectivity index (χ1) is 12.5. The van der Waals surface area contributed by atoms with Crippen LogP contribution >= 0.6 is 0 Å². The van der Waals surface area contributed by atoms with Gasteiger partial charge in [0.15, 0.2) is 0 Å². The summed E-state index contributed by atoms with van der Waals surface area (Å²) < 4.78 is 0. The van der Waals surface area contributed by atoms with Crippen LogP contribution in [0.25, 0.3) is 0 Å². The van der Waals surface area contributed by atoms with Crippen molar-refractivity contribution in [1.29, 1.82) is 5.26 Å². The van der Waals surface area contributed by atoms with Gasteiger partial charge in [0.25, 0.3) is 0 Å². The van der Waals surface area contributed by atoms with Crippen molar-refractivity contribution in [2.75, 3.05) is 0 Å². The molecule has 138 valence electrons. The van der Waals surface area contributed by atoms with Crippen molar-refractivity contribution in [2.24, 2.45) is 11.8 Å². The smallest absolute Gasteiger partial charge is 0.0710 e. The Balaban J connectivity index is 2.27. The van der Waals surface area contributed by atoms with Crippen molar-refractivity contribution >= 4 is 0 Å². The normalized spacial score (nSPS) is 14.8. The highest BCUT2D eigenvalue weighted by molar-refractivity contribution is 5.17. The maximum atomic E-state index is 10.9. The molecule has 0 unspecified atom stereocenters. The van der Waals surface area contributed by atoms with E-state index in [9.17, 15) is 5.11 Å². The average molecular weight is 351 g/mol. The fraction of sp³-hybridized carbons (Fsp3) is 0.435. The summed E-state index contributed by atoms with van der Waals surface area (Å²) in [6, 6.07) is 23.0. The highest BCUT2D eigenvalue weighted by Gasteiger charge is 2.30. The SMILES string of the molecule is CC(C)[C@@H]([C@@H](O)C[C@H](C)C#N)N(Cc1ccccc1)Cc1ccccc1. The van der Waals surface area contributed by atoms with Gasteiger partial charge in [-0.1, -0.05) is 74.5 Å². The first-order valence-electron chi connectivity index (χ1n) is 9.40. The minimum Gasteiger partial charge on any atom is -0.391 e. The van der Waals surface area contributed by atoms with Crippen LogP contribution in [0.15, 0.2) is 60.7 Å². The van der Waals surface area contributed by atoms with Gasteiger partial charge in [0.05, 0.1) is 12.2 Å². The highest BCUT2D eigenvalue weighted by Crippen LogP contribution is 2.24. The number of benzene rings is 2. The van der Waals surface area contributed by atoms with E-state index >= 15 is 0 Å². The van der Waals surface area contributed by atoms with Gasteiger partial charge >= 0.3 is 0 Å². The van der Waals surface area contributed by atoms with E-state index in [1.807, 2.05) is 19.1 Å². The average Bonchev–Trinajstić information content (AvgIpc) is 2.63. The molecule has 0 spiro atoms. The van der Waals surface area contributed by atoms with Crippen LogP contribution in [0.1, 0.15) is 38.3 Å². The molecule has 1 N–H and O–H groups in total. The largest absolute Gasteiger partial charge is 0.391 e. The van der Waals surface area contributed by atoms with Crippen LogP contribution in [-0.4, -0.2) is 22.2 Å². The zero-order valence-corrected chi connectivity index (χ0v) is 16.0. The summed E-state index contributed by atoms with van der Waals surface area (Å²) >= 11 is 0. The topological polar surface area (TPSA) is 47.3 Å². The number of hydrogen-bond acceptors (Lipinski definition) is 3. The molecule has 3 heteroatoms. The second-order valence-electron chi connectivity index (χ2n) is 7.44. The minimum absolute atomic E-state index is 0.00814. The Morgan fingerprint density at radius 2 is 1.35 bits per heavy atom. The van der Waals surface area contributed by atoms with Crippen LogP contribution in [0.5, 0.6) is 0 Å². The molecule has 0 aliphatic heterocycles. The van der Waals surface area contributed by atoms with Gasteiger partial charge in [-0.3, -0.25) is 4.90 Å². The van der Waals surface area contributed by atoms with Gasteiger partial charge in [-0.2, -0.15) is 5.26 Å². The molecule has 0 saturated heterocycles. The van der Waals surface area contributed by atoms with Crippen molar-refractivity contribution in [3.05, 3.63) is 71.8 Å². The lowest BCUT2D eigenvalue weighted by molar-refractivity contribution is 0.00552. The predicted molar refractivity (Wildman–Crippen MR) is 106 cm³/mol. The molecule has 0 aliphatic rings. The van der Waals surface area contributed by atoms with E-state index in [0.717, 1.165) is 13.1 Å². The molecule has 0 saturated carbocycles. The lowest BCUT2D eigenvalue weighted by Gasteiger charge is -2.38. The van der Waals surface area contributed by atoms with Crippen molar-refractivity contribution in [1.82, 2.24) is 4.90 Å². The number of aliphatic hydroxyl groups excluding tert-OH is 1. The summed E-state index contributed by atoms with van der Waals surface area (Å²) in [6.07, 6.45) is -0.0311. The van der Waals surface area contributed by atoms with Crippen molar-refractivity contribution in [3.63, 3.8) is 0 Å². The number of nitrogens with zero attached hydrogens (tertiary/aromatic N) is 2. The quantitative estimate of drug-likeness (QED) is 0.717. The Kier molecular flexibility index (Phi) is 7.84. The lowest BCUT2D eigenvalue weighted by atomic mass is 9.90. The standard InChI is InChI=1S/C23H30N2O/c1-18(2)23(22(26)14-19(3)15-24)25(16-20-10-6-4-7-11-20)17-21-12-8-5-9-13-21/h4-13,18-19,22-23,26H,14,16-17H2,1-3H3/t19-,22-,23-/m0/s1. The molecule has 26 heavy (non-hydrogen) atoms. The summed E-state index contributed by atoms with van der Waals surface area (Å²) in [7, 11) is 0. The minimum atomic E-state index is -0.530. The summed E-state index contributed by atoms with van der Waals surface area (Å²) in [5.41, 5.74) is 2.46. The van der Waals surface area contributed by atoms with Crippen molar-refractivity contribution in [3.8, 4) is 6.07 Å². The summed E-state index contributed by atoms with van der Waals surface area (Å²) in [5, 5.41) is 20.1. The first-order valence-corrected chi connectivity index (χ1v) is 9.40. The summed E-state index contributed by atoms with van der Waals surface area (Å²) in [4.78, 5) is 2.35. The molecule has 0 heterocycles. The number of aliphatic hydroxyl groups is 1. The van der Waals surface area contributed by atoms with E-state index in [4.69, 9.17) is 5.26 Å². The van der Waals surface area contributed by atoms with Gasteiger partial charge in [-0.15, -0.1) is 0 Å². The molecular formula is C23H30N2O. The molecule has 0 fully saturated rings. The molecule has 2 rings (SSSR count). The molecule has 0 amide bonds. The van der Waals surface area contributed by atoms with Crippen LogP contribution in [0.4, 0.5) is 0 Å². The maximum Gasteiger partial charge on any atom is 0.0710 e. The molecule has 0 radical (unpaired) electrons. The molecule has 0 aliphatic carbocycles. The molecule has 0 bridgehead atoms. The zero-order valence-electron chi connectivity index (χ0n) is 16.0. The number of hydrogen-bond donors (Lipinski definition) is 1. The van der Waals surface area contributed by atoms with Gasteiger partial charge in [-0.25, -0.2) is 0 Å². The third kappa shape index (κ3) is 5.98. The van der Waals surface area contributed by atoms with Crippen molar-refractivity contribution < 1.29 is 5.11 Å². The van der Waals surface area contributed by atoms with Gasteiger partial charge in [0.2, 0.25) is 0 Å². The Hall–Kier alpha value is -2.15. The molecule has 3 atom stereocenters. The fourth-order valence-electron chi connectivity index (χ4n) is 3.57. The van der Waals surface area contributed by atoms with E-state index in [0.29, 0.717) is 6.42 Å². The van der Waals surface area contributed by atoms with Gasteiger partial charge in [0.1, 0.15) is 0 Å². The molecule has 3 nitrogen and oxygen atoms in total. The van der Waals surface area contributed by atoms with E-state index in [1.54, 1.807) is 0 Å². The third-order valence-corrected chi connectivity index (χ3v) is 4.77. The van der Waals surface area contributed by atoms with E-state index in [1.165, 1.54) is 11.1 Å². The molecule has 2 aromatic carbocycles. The van der Waals surface area contributed by atoms with Crippen molar-refractivity contribution in [2.45, 2.75) is 52.4 Å². The van der Waals surface area contributed by atoms with E-state index in [-0.39, 0.29) is 17.9 Å². The zero-order chi connectivity index (χ0) is 18.9. The van der Waals surface area contributed by atoms with E-state index in [2.05, 4.69) is 73.3 Å². The maximum absolute atomic E-state index is 10.9. The Labute approximate surface area is 157 Å². The highest BCUT2D eigenvalue weighted by atomic mass is 16.3. The number of rotatable bonds is 9. The first kappa shape index (κ1) is 20.2. The molecule has 0 aromatic heterocycles. The monoisotopic (exact) mass is 350 g/mol. The Morgan fingerprint density at radius 1 is 0.885 bits per heavy atom. The Bertz CT molecular complexity index is 637. The van der Waals surface area contributed by atoms with Gasteiger partial charge in [-0.05, 0) is 30.4 Å². The third-order valence-electron chi connectivity index (χ3n) is 4.77. The molecule has 2 aromatic rings. The predicted octanol–water partition coefficient (Wildman–Crippen LogP) is 4.62. The van der Waals surface area contributed by atoms with Crippen LogP contribution in [0.2, 0.25) is 0 Å². The second-order valence-corrected chi connectivity index (χ2v) is 7.44. The molecular weight excluding hydrogens is 320 g/mol. The van der Waals surface area contributed by atoms with Crippen LogP contribution in [0.3, 0.4) is 0 Å².